The molecule has 0 aromatic heterocycles. The lowest BCUT2D eigenvalue weighted by atomic mass is 10.0. The van der Waals surface area contributed by atoms with Crippen LogP contribution in [0.3, 0.4) is 0 Å². The Morgan fingerprint density at radius 1 is 0.973 bits per heavy atom. The molecule has 1 aliphatic heterocycles. The Labute approximate surface area is 220 Å². The molecule has 37 heavy (non-hydrogen) atoms. The van der Waals surface area contributed by atoms with Crippen molar-refractivity contribution in [2.24, 2.45) is 0 Å². The highest BCUT2D eigenvalue weighted by atomic mass is 16.6. The number of nitrogens with zero attached hydrogens (tertiary/aromatic N) is 1. The SMILES string of the molecule is CC(C(=O)OCc1ccccc1)N1CCCC[C@H](NC(CCc2ccccc2)C(=O)OC(C)(C)C)C1=O. The highest BCUT2D eigenvalue weighted by Crippen LogP contribution is 2.19. The van der Waals surface area contributed by atoms with Crippen LogP contribution < -0.4 is 5.32 Å². The Balaban J connectivity index is 1.68. The second-order valence-corrected chi connectivity index (χ2v) is 10.6. The van der Waals surface area contributed by atoms with Gasteiger partial charge < -0.3 is 14.4 Å². The third kappa shape index (κ3) is 9.01. The lowest BCUT2D eigenvalue weighted by molar-refractivity contribution is -0.159. The van der Waals surface area contributed by atoms with Crippen molar-refractivity contribution in [1.29, 1.82) is 0 Å². The lowest BCUT2D eigenvalue weighted by Crippen LogP contribution is -2.55. The predicted molar refractivity (Wildman–Crippen MR) is 143 cm³/mol. The first-order valence-electron chi connectivity index (χ1n) is 13.2. The van der Waals surface area contributed by atoms with Crippen LogP contribution in [-0.2, 0) is 36.9 Å². The van der Waals surface area contributed by atoms with E-state index >= 15 is 0 Å². The maximum absolute atomic E-state index is 13.6. The Morgan fingerprint density at radius 3 is 2.22 bits per heavy atom. The average Bonchev–Trinajstić information content (AvgIpc) is 3.05. The van der Waals surface area contributed by atoms with Crippen molar-refractivity contribution >= 4 is 17.8 Å². The van der Waals surface area contributed by atoms with Gasteiger partial charge in [0.25, 0.3) is 0 Å². The normalized spacial score (nSPS) is 18.0. The van der Waals surface area contributed by atoms with E-state index in [1.807, 2.05) is 81.4 Å². The third-order valence-electron chi connectivity index (χ3n) is 6.41. The third-order valence-corrected chi connectivity index (χ3v) is 6.41. The molecule has 7 nitrogen and oxygen atoms in total. The van der Waals surface area contributed by atoms with E-state index < -0.39 is 29.7 Å². The molecule has 3 atom stereocenters. The first-order chi connectivity index (χ1) is 17.6. The number of amides is 1. The molecule has 7 heteroatoms. The summed E-state index contributed by atoms with van der Waals surface area (Å²) >= 11 is 0. The van der Waals surface area contributed by atoms with Gasteiger partial charge in [0.1, 0.15) is 24.3 Å². The number of hydrogen-bond donors (Lipinski definition) is 1. The maximum Gasteiger partial charge on any atom is 0.328 e. The minimum atomic E-state index is -0.720. The fourth-order valence-electron chi connectivity index (χ4n) is 4.42. The molecule has 0 spiro atoms. The lowest BCUT2D eigenvalue weighted by Gasteiger charge is -2.31. The second kappa shape index (κ2) is 13.4. The summed E-state index contributed by atoms with van der Waals surface area (Å²) in [4.78, 5) is 41.1. The van der Waals surface area contributed by atoms with Gasteiger partial charge in [-0.25, -0.2) is 4.79 Å². The molecule has 1 fully saturated rings. The van der Waals surface area contributed by atoms with E-state index in [2.05, 4.69) is 5.32 Å². The van der Waals surface area contributed by atoms with Gasteiger partial charge in [-0.05, 0) is 70.9 Å². The first-order valence-corrected chi connectivity index (χ1v) is 13.2. The number of likely N-dealkylation sites (tertiary alicyclic amines) is 1. The molecule has 2 unspecified atom stereocenters. The summed E-state index contributed by atoms with van der Waals surface area (Å²) in [6.07, 6.45) is 3.35. The topological polar surface area (TPSA) is 84.9 Å². The number of esters is 2. The van der Waals surface area contributed by atoms with Crippen LogP contribution in [0.25, 0.3) is 0 Å². The molecule has 1 saturated heterocycles. The summed E-state index contributed by atoms with van der Waals surface area (Å²) in [5, 5.41) is 3.30. The number of ether oxygens (including phenoxy) is 2. The van der Waals surface area contributed by atoms with Crippen molar-refractivity contribution in [3.8, 4) is 0 Å². The van der Waals surface area contributed by atoms with Gasteiger partial charge in [-0.1, -0.05) is 60.7 Å². The highest BCUT2D eigenvalue weighted by Gasteiger charge is 2.36. The van der Waals surface area contributed by atoms with Crippen LogP contribution in [0.2, 0.25) is 0 Å². The van der Waals surface area contributed by atoms with Crippen LogP contribution in [-0.4, -0.2) is 53.0 Å². The van der Waals surface area contributed by atoms with Crippen LogP contribution in [0.4, 0.5) is 0 Å². The monoisotopic (exact) mass is 508 g/mol. The average molecular weight is 509 g/mol. The molecule has 3 rings (SSSR count). The Morgan fingerprint density at radius 2 is 1.59 bits per heavy atom. The minimum Gasteiger partial charge on any atom is -0.459 e. The van der Waals surface area contributed by atoms with Crippen LogP contribution in [0.5, 0.6) is 0 Å². The number of carbonyl (C=O) groups is 3. The Bertz CT molecular complexity index is 1020. The number of carbonyl (C=O) groups excluding carboxylic acids is 3. The van der Waals surface area contributed by atoms with Gasteiger partial charge in [-0.2, -0.15) is 0 Å². The van der Waals surface area contributed by atoms with E-state index in [4.69, 9.17) is 9.47 Å². The van der Waals surface area contributed by atoms with Crippen molar-refractivity contribution in [2.75, 3.05) is 6.54 Å². The van der Waals surface area contributed by atoms with E-state index in [0.717, 1.165) is 24.0 Å². The van der Waals surface area contributed by atoms with Gasteiger partial charge in [0, 0.05) is 6.54 Å². The molecule has 1 heterocycles. The maximum atomic E-state index is 13.6. The summed E-state index contributed by atoms with van der Waals surface area (Å²) in [6.45, 7) is 7.84. The molecule has 0 aliphatic carbocycles. The zero-order chi connectivity index (χ0) is 26.8. The number of nitrogens with one attached hydrogen (secondary N) is 1. The highest BCUT2D eigenvalue weighted by molar-refractivity contribution is 5.88. The van der Waals surface area contributed by atoms with Gasteiger partial charge in [0.15, 0.2) is 0 Å². The molecule has 0 radical (unpaired) electrons. The van der Waals surface area contributed by atoms with Crippen molar-refractivity contribution in [3.05, 3.63) is 71.8 Å². The Kier molecular flexibility index (Phi) is 10.3. The van der Waals surface area contributed by atoms with Crippen LogP contribution in [0.1, 0.15) is 64.5 Å². The fourth-order valence-corrected chi connectivity index (χ4v) is 4.42. The number of aryl methyl sites for hydroxylation is 1. The van der Waals surface area contributed by atoms with Crippen LogP contribution in [0, 0.1) is 0 Å². The van der Waals surface area contributed by atoms with Crippen LogP contribution >= 0.6 is 0 Å². The second-order valence-electron chi connectivity index (χ2n) is 10.6. The van der Waals surface area contributed by atoms with Crippen molar-refractivity contribution in [2.45, 2.75) is 90.1 Å². The molecule has 1 N–H and O–H groups in total. The largest absolute Gasteiger partial charge is 0.459 e. The molecule has 1 amide bonds. The summed E-state index contributed by atoms with van der Waals surface area (Å²) < 4.78 is 11.2. The van der Waals surface area contributed by atoms with E-state index in [1.165, 1.54) is 0 Å². The minimum absolute atomic E-state index is 0.161. The van der Waals surface area contributed by atoms with E-state index in [0.29, 0.717) is 25.8 Å². The Hall–Kier alpha value is -3.19. The van der Waals surface area contributed by atoms with Gasteiger partial charge >= 0.3 is 11.9 Å². The number of rotatable bonds is 10. The van der Waals surface area contributed by atoms with Gasteiger partial charge in [-0.3, -0.25) is 14.9 Å². The van der Waals surface area contributed by atoms with E-state index in [1.54, 1.807) is 11.8 Å². The molecular weight excluding hydrogens is 468 g/mol. The number of hydrogen-bond acceptors (Lipinski definition) is 6. The molecule has 200 valence electrons. The van der Waals surface area contributed by atoms with Crippen LogP contribution in [0.15, 0.2) is 60.7 Å². The smallest absolute Gasteiger partial charge is 0.328 e. The van der Waals surface area contributed by atoms with E-state index in [-0.39, 0.29) is 18.5 Å². The summed E-state index contributed by atoms with van der Waals surface area (Å²) in [7, 11) is 0. The van der Waals surface area contributed by atoms with Crippen molar-refractivity contribution < 1.29 is 23.9 Å². The zero-order valence-electron chi connectivity index (χ0n) is 22.4. The molecule has 0 saturated carbocycles. The number of benzene rings is 2. The van der Waals surface area contributed by atoms with Gasteiger partial charge in [0.05, 0.1) is 6.04 Å². The van der Waals surface area contributed by atoms with Gasteiger partial charge in [-0.15, -0.1) is 0 Å². The van der Waals surface area contributed by atoms with Gasteiger partial charge in [0.2, 0.25) is 5.91 Å². The van der Waals surface area contributed by atoms with Crippen molar-refractivity contribution in [1.82, 2.24) is 10.2 Å². The molecule has 1 aliphatic rings. The molecule has 2 aromatic rings. The van der Waals surface area contributed by atoms with E-state index in [9.17, 15) is 14.4 Å². The summed E-state index contributed by atoms with van der Waals surface area (Å²) in [6, 6.07) is 17.5. The first kappa shape index (κ1) is 28.4. The predicted octanol–water partition coefficient (Wildman–Crippen LogP) is 4.43. The molecular formula is C30H40N2O5. The molecule has 2 aromatic carbocycles. The quantitative estimate of drug-likeness (QED) is 0.478. The summed E-state index contributed by atoms with van der Waals surface area (Å²) in [5.41, 5.74) is 1.37. The standard InChI is InChI=1S/C30H40N2O5/c1-22(28(34)36-21-24-15-9-6-10-16-24)32-20-12-11-17-25(27(32)33)31-26(29(35)37-30(2,3)4)19-18-23-13-7-5-8-14-23/h5-10,13-16,22,25-26,31H,11-12,17-21H2,1-4H3/t22?,25-,26?/m0/s1. The fraction of sp³-hybridized carbons (Fsp3) is 0.500. The zero-order valence-corrected chi connectivity index (χ0v) is 22.4. The van der Waals surface area contributed by atoms with Crippen molar-refractivity contribution in [3.63, 3.8) is 0 Å². The summed E-state index contributed by atoms with van der Waals surface area (Å²) in [5.74, 6) is -0.997. The molecule has 0 bridgehead atoms.